The fourth-order valence-corrected chi connectivity index (χ4v) is 4.17. The fourth-order valence-electron chi connectivity index (χ4n) is 4.17. The molecule has 1 atom stereocenters. The second-order valence-electron chi connectivity index (χ2n) is 7.62. The molecule has 29 heavy (non-hydrogen) atoms. The Morgan fingerprint density at radius 1 is 1.03 bits per heavy atom. The summed E-state index contributed by atoms with van der Waals surface area (Å²) in [5.41, 5.74) is 2.73. The molecule has 1 saturated heterocycles. The van der Waals surface area contributed by atoms with Gasteiger partial charge in [-0.1, -0.05) is 48.5 Å². The minimum Gasteiger partial charge on any atom is -0.488 e. The van der Waals surface area contributed by atoms with Crippen molar-refractivity contribution in [2.45, 2.75) is 30.8 Å². The van der Waals surface area contributed by atoms with E-state index in [0.29, 0.717) is 0 Å². The van der Waals surface area contributed by atoms with Gasteiger partial charge in [-0.3, -0.25) is 4.99 Å². The zero-order chi connectivity index (χ0) is 19.2. The molecule has 156 valence electrons. The van der Waals surface area contributed by atoms with Gasteiger partial charge in [0.2, 0.25) is 0 Å². The van der Waals surface area contributed by atoms with Crippen molar-refractivity contribution in [2.75, 3.05) is 33.4 Å². The molecule has 0 bridgehead atoms. The summed E-state index contributed by atoms with van der Waals surface area (Å²) in [4.78, 5) is 4.41. The van der Waals surface area contributed by atoms with Gasteiger partial charge in [0.15, 0.2) is 5.96 Å². The largest absolute Gasteiger partial charge is 0.488 e. The number of para-hydroxylation sites is 1. The van der Waals surface area contributed by atoms with E-state index in [4.69, 9.17) is 9.47 Å². The number of hydrogen-bond acceptors (Lipinski definition) is 3. The number of nitrogens with zero attached hydrogens (tertiary/aromatic N) is 1. The van der Waals surface area contributed by atoms with E-state index in [2.05, 4.69) is 58.1 Å². The third-order valence-corrected chi connectivity index (χ3v) is 5.86. The molecule has 2 aliphatic rings. The Labute approximate surface area is 190 Å². The van der Waals surface area contributed by atoms with Crippen LogP contribution in [0.2, 0.25) is 0 Å². The predicted octanol–water partition coefficient (Wildman–Crippen LogP) is 3.52. The highest BCUT2D eigenvalue weighted by atomic mass is 127. The molecule has 0 radical (unpaired) electrons. The lowest BCUT2D eigenvalue weighted by atomic mass is 9.74. The van der Waals surface area contributed by atoms with Gasteiger partial charge in [-0.25, -0.2) is 0 Å². The molecule has 1 unspecified atom stereocenters. The summed E-state index contributed by atoms with van der Waals surface area (Å²) >= 11 is 0. The maximum absolute atomic E-state index is 6.02. The number of guanidine groups is 1. The van der Waals surface area contributed by atoms with Gasteiger partial charge in [0.1, 0.15) is 11.9 Å². The molecule has 6 heteroatoms. The maximum atomic E-state index is 6.02. The van der Waals surface area contributed by atoms with Crippen LogP contribution in [0.15, 0.2) is 59.6 Å². The summed E-state index contributed by atoms with van der Waals surface area (Å²) in [6.45, 7) is 3.18. The second kappa shape index (κ2) is 10.3. The molecule has 0 aliphatic carbocycles. The average molecular weight is 507 g/mol. The average Bonchev–Trinajstić information content (AvgIpc) is 3.18. The molecule has 0 amide bonds. The Balaban J connectivity index is 0.00000240. The third-order valence-electron chi connectivity index (χ3n) is 5.86. The number of hydrogen-bond donors (Lipinski definition) is 2. The van der Waals surface area contributed by atoms with Gasteiger partial charge in [-0.2, -0.15) is 0 Å². The molecule has 1 fully saturated rings. The minimum atomic E-state index is 0. The van der Waals surface area contributed by atoms with Crippen LogP contribution in [-0.2, 0) is 16.6 Å². The van der Waals surface area contributed by atoms with Crippen LogP contribution in [0.3, 0.4) is 0 Å². The SMILES string of the molecule is CN=C(NCC1Cc2ccccc2O1)NCC1(c2ccccc2)CCOCC1.I. The summed E-state index contributed by atoms with van der Waals surface area (Å²) in [7, 11) is 1.82. The summed E-state index contributed by atoms with van der Waals surface area (Å²) in [5.74, 6) is 1.82. The van der Waals surface area contributed by atoms with Gasteiger partial charge in [0, 0.05) is 38.6 Å². The van der Waals surface area contributed by atoms with Crippen LogP contribution >= 0.6 is 24.0 Å². The lowest BCUT2D eigenvalue weighted by molar-refractivity contribution is 0.0513. The van der Waals surface area contributed by atoms with Crippen molar-refractivity contribution < 1.29 is 9.47 Å². The molecule has 5 nitrogen and oxygen atoms in total. The predicted molar refractivity (Wildman–Crippen MR) is 128 cm³/mol. The first-order chi connectivity index (χ1) is 13.8. The number of halogens is 1. The number of ether oxygens (including phenoxy) is 2. The normalized spacial score (nSPS) is 20.2. The lowest BCUT2D eigenvalue weighted by Crippen LogP contribution is -2.49. The Kier molecular flexibility index (Phi) is 7.77. The molecule has 2 aliphatic heterocycles. The smallest absolute Gasteiger partial charge is 0.191 e. The zero-order valence-corrected chi connectivity index (χ0v) is 19.2. The zero-order valence-electron chi connectivity index (χ0n) is 16.9. The second-order valence-corrected chi connectivity index (χ2v) is 7.62. The number of nitrogens with one attached hydrogen (secondary N) is 2. The van der Waals surface area contributed by atoms with Gasteiger partial charge >= 0.3 is 0 Å². The molecule has 0 aromatic heterocycles. The fraction of sp³-hybridized carbons (Fsp3) is 0.435. The molecule has 2 N–H and O–H groups in total. The summed E-state index contributed by atoms with van der Waals surface area (Å²) in [6, 6.07) is 19.0. The quantitative estimate of drug-likeness (QED) is 0.370. The molecule has 0 spiro atoms. The van der Waals surface area contributed by atoms with Crippen LogP contribution in [0, 0.1) is 0 Å². The van der Waals surface area contributed by atoms with Gasteiger partial charge in [0.05, 0.1) is 6.54 Å². The molecule has 2 aromatic carbocycles. The van der Waals surface area contributed by atoms with E-state index in [1.165, 1.54) is 11.1 Å². The number of fused-ring (bicyclic) bond motifs is 1. The van der Waals surface area contributed by atoms with Gasteiger partial charge in [-0.05, 0) is 30.0 Å². The molecule has 2 heterocycles. The first-order valence-corrected chi connectivity index (χ1v) is 10.1. The Hall–Kier alpha value is -1.80. The van der Waals surface area contributed by atoms with Crippen molar-refractivity contribution in [3.05, 3.63) is 65.7 Å². The lowest BCUT2D eigenvalue weighted by Gasteiger charge is -2.38. The number of benzene rings is 2. The monoisotopic (exact) mass is 507 g/mol. The van der Waals surface area contributed by atoms with E-state index < -0.39 is 0 Å². The molecule has 2 aromatic rings. The van der Waals surface area contributed by atoms with Crippen molar-refractivity contribution in [2.24, 2.45) is 4.99 Å². The van der Waals surface area contributed by atoms with Crippen molar-refractivity contribution in [1.82, 2.24) is 10.6 Å². The summed E-state index contributed by atoms with van der Waals surface area (Å²) < 4.78 is 11.7. The van der Waals surface area contributed by atoms with Crippen LogP contribution in [0.5, 0.6) is 5.75 Å². The van der Waals surface area contributed by atoms with E-state index in [-0.39, 0.29) is 35.5 Å². The van der Waals surface area contributed by atoms with Gasteiger partial charge in [0.25, 0.3) is 0 Å². The first-order valence-electron chi connectivity index (χ1n) is 10.1. The van der Waals surface area contributed by atoms with E-state index >= 15 is 0 Å². The highest BCUT2D eigenvalue weighted by molar-refractivity contribution is 14.0. The van der Waals surface area contributed by atoms with E-state index in [0.717, 1.165) is 57.3 Å². The molecular formula is C23H30IN3O2. The summed E-state index contributed by atoms with van der Waals surface area (Å²) in [6.07, 6.45) is 3.11. The van der Waals surface area contributed by atoms with Crippen molar-refractivity contribution >= 4 is 29.9 Å². The van der Waals surface area contributed by atoms with Crippen LogP contribution < -0.4 is 15.4 Å². The van der Waals surface area contributed by atoms with E-state index in [1.807, 2.05) is 19.2 Å². The van der Waals surface area contributed by atoms with Crippen LogP contribution in [0.1, 0.15) is 24.0 Å². The maximum Gasteiger partial charge on any atom is 0.191 e. The number of rotatable bonds is 5. The van der Waals surface area contributed by atoms with E-state index in [1.54, 1.807) is 0 Å². The van der Waals surface area contributed by atoms with Crippen LogP contribution in [-0.4, -0.2) is 45.4 Å². The first kappa shape index (κ1) is 21.9. The van der Waals surface area contributed by atoms with E-state index in [9.17, 15) is 0 Å². The van der Waals surface area contributed by atoms with Crippen molar-refractivity contribution in [1.29, 1.82) is 0 Å². The Morgan fingerprint density at radius 3 is 2.48 bits per heavy atom. The molecule has 0 saturated carbocycles. The highest BCUT2D eigenvalue weighted by Crippen LogP contribution is 2.34. The molecule has 4 rings (SSSR count). The van der Waals surface area contributed by atoms with Gasteiger partial charge < -0.3 is 20.1 Å². The standard InChI is InChI=1S/C23H29N3O2.HI/c1-24-22(25-16-20-15-18-7-5-6-10-21(18)28-20)26-17-23(11-13-27-14-12-23)19-8-3-2-4-9-19;/h2-10,20H,11-17H2,1H3,(H2,24,25,26);1H. The van der Waals surface area contributed by atoms with Crippen molar-refractivity contribution in [3.63, 3.8) is 0 Å². The van der Waals surface area contributed by atoms with Gasteiger partial charge in [-0.15, -0.1) is 24.0 Å². The third kappa shape index (κ3) is 5.22. The van der Waals surface area contributed by atoms with Crippen molar-refractivity contribution in [3.8, 4) is 5.75 Å². The highest BCUT2D eigenvalue weighted by Gasteiger charge is 2.34. The molecular weight excluding hydrogens is 477 g/mol. The topological polar surface area (TPSA) is 54.9 Å². The minimum absolute atomic E-state index is 0. The van der Waals surface area contributed by atoms with Crippen LogP contribution in [0.4, 0.5) is 0 Å². The Morgan fingerprint density at radius 2 is 1.76 bits per heavy atom. The Bertz CT molecular complexity index is 782. The number of aliphatic imine (C=N–C) groups is 1. The summed E-state index contributed by atoms with van der Waals surface area (Å²) in [5, 5.41) is 6.99. The van der Waals surface area contributed by atoms with Crippen LogP contribution in [0.25, 0.3) is 0 Å².